The number of hydrogen-bond acceptors (Lipinski definition) is 4. The zero-order chi connectivity index (χ0) is 13.3. The first kappa shape index (κ1) is 16.6. The molecular formula is C11H25NO4Si. The second-order valence-electron chi connectivity index (χ2n) is 4.00. The van der Waals surface area contributed by atoms with Gasteiger partial charge in [-0.25, -0.2) is 0 Å². The van der Waals surface area contributed by atoms with Crippen LogP contribution in [0.15, 0.2) is 0 Å². The van der Waals surface area contributed by atoms with Gasteiger partial charge in [0, 0.05) is 29.1 Å². The summed E-state index contributed by atoms with van der Waals surface area (Å²) >= 11 is 0. The Balaban J connectivity index is 3.86. The first-order valence-electron chi connectivity index (χ1n) is 6.22. The molecule has 0 saturated carbocycles. The first-order valence-corrected chi connectivity index (χ1v) is 7.38. The maximum atomic E-state index is 11.2. The predicted octanol–water partition coefficient (Wildman–Crippen LogP) is -0.646. The van der Waals surface area contributed by atoms with Crippen molar-refractivity contribution in [3.05, 3.63) is 0 Å². The molecule has 0 aliphatic heterocycles. The number of aliphatic hydroxyl groups excluding tert-OH is 1. The predicted molar refractivity (Wildman–Crippen MR) is 69.8 cm³/mol. The number of amides is 1. The molecule has 17 heavy (non-hydrogen) atoms. The van der Waals surface area contributed by atoms with Crippen molar-refractivity contribution in [2.45, 2.75) is 51.7 Å². The van der Waals surface area contributed by atoms with Gasteiger partial charge in [0.25, 0.3) is 0 Å². The van der Waals surface area contributed by atoms with Gasteiger partial charge >= 0.3 is 0 Å². The topological polar surface area (TPSA) is 67.8 Å². The number of aliphatic hydroxyl groups is 1. The molecular weight excluding hydrogens is 238 g/mol. The lowest BCUT2D eigenvalue weighted by molar-refractivity contribution is -0.141. The van der Waals surface area contributed by atoms with Gasteiger partial charge in [-0.2, -0.15) is 0 Å². The standard InChI is InChI=1S/C11H25NO4Si/c1-4-15-10(16-5-2)7-6-9(17)12-11(14)8(3)13/h8-10,13H,4-7H2,1-3,17H3,(H,12,14). The highest BCUT2D eigenvalue weighted by Gasteiger charge is 2.14. The van der Waals surface area contributed by atoms with E-state index >= 15 is 0 Å². The minimum Gasteiger partial charge on any atom is -0.384 e. The van der Waals surface area contributed by atoms with Crippen LogP contribution in [0, 0.1) is 0 Å². The van der Waals surface area contributed by atoms with Gasteiger partial charge in [0.05, 0.1) is 0 Å². The van der Waals surface area contributed by atoms with Crippen LogP contribution in [-0.2, 0) is 14.3 Å². The van der Waals surface area contributed by atoms with Crippen molar-refractivity contribution < 1.29 is 19.4 Å². The summed E-state index contributed by atoms with van der Waals surface area (Å²) in [6.07, 6.45) is 0.441. The number of carbonyl (C=O) groups excluding carboxylic acids is 1. The van der Waals surface area contributed by atoms with Gasteiger partial charge in [0.2, 0.25) is 5.91 Å². The Labute approximate surface area is 106 Å². The van der Waals surface area contributed by atoms with E-state index in [0.29, 0.717) is 13.2 Å². The minimum absolute atomic E-state index is 0.139. The largest absolute Gasteiger partial charge is 0.384 e. The fourth-order valence-corrected chi connectivity index (χ4v) is 2.03. The lowest BCUT2D eigenvalue weighted by Gasteiger charge is -2.20. The Morgan fingerprint density at radius 1 is 1.29 bits per heavy atom. The molecule has 0 bridgehead atoms. The van der Waals surface area contributed by atoms with Gasteiger partial charge in [-0.05, 0) is 33.6 Å². The van der Waals surface area contributed by atoms with Crippen LogP contribution in [0.25, 0.3) is 0 Å². The molecule has 2 unspecified atom stereocenters. The quantitative estimate of drug-likeness (QED) is 0.429. The first-order chi connectivity index (χ1) is 8.01. The van der Waals surface area contributed by atoms with Crippen LogP contribution in [0.2, 0.25) is 0 Å². The highest BCUT2D eigenvalue weighted by molar-refractivity contribution is 6.13. The zero-order valence-corrected chi connectivity index (χ0v) is 13.2. The molecule has 102 valence electrons. The van der Waals surface area contributed by atoms with E-state index in [9.17, 15) is 4.79 Å². The summed E-state index contributed by atoms with van der Waals surface area (Å²) in [6.45, 7) is 6.57. The number of ether oxygens (including phenoxy) is 2. The van der Waals surface area contributed by atoms with Crippen molar-refractivity contribution in [1.82, 2.24) is 5.32 Å². The monoisotopic (exact) mass is 263 g/mol. The Kier molecular flexibility index (Phi) is 9.34. The SMILES string of the molecule is CCOC(CCC([SiH3])NC(=O)C(C)O)OCC. The second-order valence-corrected chi connectivity index (χ2v) is 5.40. The molecule has 2 N–H and O–H groups in total. The average molecular weight is 263 g/mol. The van der Waals surface area contributed by atoms with Crippen LogP contribution in [0.4, 0.5) is 0 Å². The maximum Gasteiger partial charge on any atom is 0.248 e. The lowest BCUT2D eigenvalue weighted by atomic mass is 10.3. The molecule has 0 fully saturated rings. The van der Waals surface area contributed by atoms with E-state index in [0.717, 1.165) is 23.1 Å². The molecule has 0 aliphatic carbocycles. The summed E-state index contributed by atoms with van der Waals surface area (Å²) in [4.78, 5) is 11.2. The van der Waals surface area contributed by atoms with Crippen LogP contribution in [-0.4, -0.2) is 52.5 Å². The van der Waals surface area contributed by atoms with Gasteiger partial charge in [-0.3, -0.25) is 4.79 Å². The highest BCUT2D eigenvalue weighted by Crippen LogP contribution is 2.06. The molecule has 0 aromatic rings. The zero-order valence-electron chi connectivity index (χ0n) is 11.2. The molecule has 0 aromatic carbocycles. The number of carbonyl (C=O) groups is 1. The van der Waals surface area contributed by atoms with E-state index < -0.39 is 6.10 Å². The Morgan fingerprint density at radius 2 is 1.82 bits per heavy atom. The van der Waals surface area contributed by atoms with E-state index in [4.69, 9.17) is 14.6 Å². The normalized spacial score (nSPS) is 14.9. The Morgan fingerprint density at radius 3 is 2.24 bits per heavy atom. The van der Waals surface area contributed by atoms with Crippen LogP contribution >= 0.6 is 0 Å². The molecule has 0 saturated heterocycles. The van der Waals surface area contributed by atoms with Gasteiger partial charge in [-0.15, -0.1) is 0 Å². The smallest absolute Gasteiger partial charge is 0.248 e. The van der Waals surface area contributed by atoms with Crippen LogP contribution in [0.3, 0.4) is 0 Å². The lowest BCUT2D eigenvalue weighted by Crippen LogP contribution is -2.41. The molecule has 1 amide bonds. The average Bonchev–Trinajstić information content (AvgIpc) is 2.26. The van der Waals surface area contributed by atoms with E-state index in [1.807, 2.05) is 13.8 Å². The summed E-state index contributed by atoms with van der Waals surface area (Å²) in [5, 5.41) is 11.9. The third kappa shape index (κ3) is 8.31. The molecule has 2 atom stereocenters. The Bertz CT molecular complexity index is 208. The molecule has 5 nitrogen and oxygen atoms in total. The fraction of sp³-hybridized carbons (Fsp3) is 0.909. The summed E-state index contributed by atoms with van der Waals surface area (Å²) in [7, 11) is 0.842. The molecule has 0 aliphatic rings. The molecule has 0 rings (SSSR count). The fourth-order valence-electron chi connectivity index (χ4n) is 1.41. The molecule has 0 spiro atoms. The van der Waals surface area contributed by atoms with Crippen molar-refractivity contribution in [2.24, 2.45) is 0 Å². The van der Waals surface area contributed by atoms with Gasteiger partial charge < -0.3 is 19.9 Å². The van der Waals surface area contributed by atoms with Crippen molar-refractivity contribution in [3.63, 3.8) is 0 Å². The van der Waals surface area contributed by atoms with Crippen LogP contribution in [0.5, 0.6) is 0 Å². The second kappa shape index (κ2) is 9.58. The van der Waals surface area contributed by atoms with Crippen molar-refractivity contribution in [3.8, 4) is 0 Å². The van der Waals surface area contributed by atoms with E-state index in [2.05, 4.69) is 5.32 Å². The molecule has 0 radical (unpaired) electrons. The number of hydrogen-bond donors (Lipinski definition) is 2. The van der Waals surface area contributed by atoms with Crippen molar-refractivity contribution >= 4 is 16.1 Å². The van der Waals surface area contributed by atoms with E-state index in [-0.39, 0.29) is 17.9 Å². The molecule has 6 heteroatoms. The third-order valence-corrected chi connectivity index (χ3v) is 3.17. The van der Waals surface area contributed by atoms with Gasteiger partial charge in [0.15, 0.2) is 6.29 Å². The van der Waals surface area contributed by atoms with Crippen molar-refractivity contribution in [2.75, 3.05) is 13.2 Å². The number of rotatable bonds is 9. The van der Waals surface area contributed by atoms with Crippen LogP contribution in [0.1, 0.15) is 33.6 Å². The van der Waals surface area contributed by atoms with Gasteiger partial charge in [0.1, 0.15) is 6.10 Å². The van der Waals surface area contributed by atoms with Gasteiger partial charge in [-0.1, -0.05) is 0 Å². The summed E-state index contributed by atoms with van der Waals surface area (Å²) < 4.78 is 10.8. The summed E-state index contributed by atoms with van der Waals surface area (Å²) in [5.41, 5.74) is 0.139. The maximum absolute atomic E-state index is 11.2. The van der Waals surface area contributed by atoms with E-state index in [1.54, 1.807) is 0 Å². The minimum atomic E-state index is -0.943. The van der Waals surface area contributed by atoms with E-state index in [1.165, 1.54) is 6.92 Å². The molecule has 0 heterocycles. The Hall–Kier alpha value is -0.433. The number of nitrogens with one attached hydrogen (secondary N) is 1. The summed E-state index contributed by atoms with van der Waals surface area (Å²) in [5.74, 6) is -0.311. The summed E-state index contributed by atoms with van der Waals surface area (Å²) in [6, 6.07) is 0. The van der Waals surface area contributed by atoms with Crippen molar-refractivity contribution in [1.29, 1.82) is 0 Å². The van der Waals surface area contributed by atoms with Crippen LogP contribution < -0.4 is 5.32 Å². The highest BCUT2D eigenvalue weighted by atomic mass is 28.1. The third-order valence-electron chi connectivity index (χ3n) is 2.31. The molecule has 0 aromatic heterocycles.